The molecule has 8 heteroatoms. The van der Waals surface area contributed by atoms with E-state index in [-0.39, 0.29) is 23.5 Å². The first-order chi connectivity index (χ1) is 14.2. The van der Waals surface area contributed by atoms with Crippen molar-refractivity contribution in [2.45, 2.75) is 34.2 Å². The minimum Gasteiger partial charge on any atom is -0.492 e. The Labute approximate surface area is 179 Å². The van der Waals surface area contributed by atoms with E-state index < -0.39 is 10.1 Å². The first-order valence-electron chi connectivity index (χ1n) is 10.0. The molecule has 0 fully saturated rings. The van der Waals surface area contributed by atoms with Crippen LogP contribution in [0.1, 0.15) is 33.3 Å². The summed E-state index contributed by atoms with van der Waals surface area (Å²) in [5.41, 5.74) is 1.37. The van der Waals surface area contributed by atoms with Gasteiger partial charge in [0.25, 0.3) is 0 Å². The normalized spacial score (nSPS) is 11.2. The molecule has 2 aromatic carbocycles. The summed E-state index contributed by atoms with van der Waals surface area (Å²) in [5.74, 6) is 0.981. The maximum absolute atomic E-state index is 13.0. The number of anilines is 1. The van der Waals surface area contributed by atoms with Crippen molar-refractivity contribution in [3.05, 3.63) is 54.1 Å². The highest BCUT2D eigenvalue weighted by atomic mass is 32.2. The van der Waals surface area contributed by atoms with E-state index in [0.717, 1.165) is 5.56 Å². The number of rotatable bonds is 10. The molecule has 0 heterocycles. The average molecular weight is 435 g/mol. The fourth-order valence-electron chi connectivity index (χ4n) is 2.83. The van der Waals surface area contributed by atoms with Gasteiger partial charge in [-0.1, -0.05) is 38.1 Å². The number of carbonyl (C=O) groups is 1. The number of ether oxygens (including phenoxy) is 1. The van der Waals surface area contributed by atoms with Gasteiger partial charge in [0.15, 0.2) is 0 Å². The Bertz CT molecular complexity index is 944. The Hall–Kier alpha value is -2.74. The molecule has 0 aliphatic carbocycles. The van der Waals surface area contributed by atoms with Gasteiger partial charge in [-0.3, -0.25) is 0 Å². The van der Waals surface area contributed by atoms with Crippen molar-refractivity contribution >= 4 is 21.8 Å². The Morgan fingerprint density at radius 3 is 2.50 bits per heavy atom. The first kappa shape index (κ1) is 23.5. The van der Waals surface area contributed by atoms with Crippen LogP contribution in [0, 0.1) is 5.92 Å². The third-order valence-corrected chi connectivity index (χ3v) is 5.30. The Morgan fingerprint density at radius 2 is 1.83 bits per heavy atom. The molecule has 0 atom stereocenters. The summed E-state index contributed by atoms with van der Waals surface area (Å²) in [6, 6.07) is 13.8. The SMILES string of the molecule is CCOc1ccccc1NC(=O)N(Cc1cccc(OS(=O)(=O)CC)c1)CC(C)C. The maximum Gasteiger partial charge on any atom is 0.322 e. The zero-order valence-corrected chi connectivity index (χ0v) is 18.7. The molecule has 2 rings (SSSR count). The van der Waals surface area contributed by atoms with Crippen LogP contribution in [-0.2, 0) is 16.7 Å². The van der Waals surface area contributed by atoms with E-state index in [0.29, 0.717) is 31.1 Å². The molecule has 7 nitrogen and oxygen atoms in total. The fourth-order valence-corrected chi connectivity index (χ4v) is 3.34. The third-order valence-electron chi connectivity index (χ3n) is 4.15. The van der Waals surface area contributed by atoms with Crippen LogP contribution in [-0.4, -0.2) is 38.3 Å². The van der Waals surface area contributed by atoms with Gasteiger partial charge in [-0.2, -0.15) is 8.42 Å². The molecule has 0 aliphatic heterocycles. The molecule has 164 valence electrons. The van der Waals surface area contributed by atoms with Crippen molar-refractivity contribution in [1.29, 1.82) is 0 Å². The molecule has 0 aliphatic rings. The summed E-state index contributed by atoms with van der Waals surface area (Å²) >= 11 is 0. The van der Waals surface area contributed by atoms with Gasteiger partial charge in [0.05, 0.1) is 18.0 Å². The molecule has 0 saturated heterocycles. The predicted molar refractivity (Wildman–Crippen MR) is 118 cm³/mol. The van der Waals surface area contributed by atoms with Gasteiger partial charge in [-0.25, -0.2) is 4.79 Å². The lowest BCUT2D eigenvalue weighted by Gasteiger charge is -2.25. The fraction of sp³-hybridized carbons (Fsp3) is 0.409. The Morgan fingerprint density at radius 1 is 1.10 bits per heavy atom. The highest BCUT2D eigenvalue weighted by Gasteiger charge is 2.18. The number of amides is 2. The number of urea groups is 1. The molecular weight excluding hydrogens is 404 g/mol. The molecule has 1 N–H and O–H groups in total. The number of hydrogen-bond acceptors (Lipinski definition) is 5. The molecule has 0 radical (unpaired) electrons. The van der Waals surface area contributed by atoms with Gasteiger partial charge in [0, 0.05) is 13.1 Å². The largest absolute Gasteiger partial charge is 0.492 e. The van der Waals surface area contributed by atoms with Gasteiger partial charge in [-0.05, 0) is 49.6 Å². The Balaban J connectivity index is 2.19. The van der Waals surface area contributed by atoms with Crippen molar-refractivity contribution in [2.75, 3.05) is 24.2 Å². The molecule has 0 bridgehead atoms. The maximum atomic E-state index is 13.0. The van der Waals surface area contributed by atoms with E-state index in [4.69, 9.17) is 8.92 Å². The standard InChI is InChI=1S/C22H30N2O5S/c1-5-28-21-13-8-7-12-20(21)23-22(25)24(15-17(3)4)16-18-10-9-11-19(14-18)29-30(26,27)6-2/h7-14,17H,5-6,15-16H2,1-4H3,(H,23,25). The summed E-state index contributed by atoms with van der Waals surface area (Å²) in [4.78, 5) is 14.7. The van der Waals surface area contributed by atoms with Gasteiger partial charge in [0.2, 0.25) is 0 Å². The van der Waals surface area contributed by atoms with Gasteiger partial charge in [-0.15, -0.1) is 0 Å². The van der Waals surface area contributed by atoms with Crippen LogP contribution in [0.2, 0.25) is 0 Å². The Kier molecular flexibility index (Phi) is 8.53. The molecule has 0 aromatic heterocycles. The van der Waals surface area contributed by atoms with Crippen LogP contribution in [0.4, 0.5) is 10.5 Å². The number of para-hydroxylation sites is 2. The minimum absolute atomic E-state index is 0.113. The van der Waals surface area contributed by atoms with Crippen molar-refractivity contribution in [3.8, 4) is 11.5 Å². The van der Waals surface area contributed by atoms with E-state index in [1.807, 2.05) is 39.0 Å². The molecule has 2 aromatic rings. The topological polar surface area (TPSA) is 84.9 Å². The van der Waals surface area contributed by atoms with Crippen LogP contribution >= 0.6 is 0 Å². The number of hydrogen-bond donors (Lipinski definition) is 1. The lowest BCUT2D eigenvalue weighted by Crippen LogP contribution is -2.37. The minimum atomic E-state index is -3.61. The van der Waals surface area contributed by atoms with Crippen molar-refractivity contribution < 1.29 is 22.1 Å². The van der Waals surface area contributed by atoms with E-state index in [1.165, 1.54) is 6.92 Å². The molecule has 30 heavy (non-hydrogen) atoms. The van der Waals surface area contributed by atoms with E-state index in [9.17, 15) is 13.2 Å². The number of nitrogens with zero attached hydrogens (tertiary/aromatic N) is 1. The predicted octanol–water partition coefficient (Wildman–Crippen LogP) is 4.50. The number of carbonyl (C=O) groups excluding carboxylic acids is 1. The van der Waals surface area contributed by atoms with Gasteiger partial charge >= 0.3 is 16.1 Å². The van der Waals surface area contributed by atoms with Crippen LogP contribution in [0.25, 0.3) is 0 Å². The van der Waals surface area contributed by atoms with Crippen LogP contribution < -0.4 is 14.2 Å². The number of nitrogens with one attached hydrogen (secondary N) is 1. The zero-order chi connectivity index (χ0) is 22.1. The van der Waals surface area contributed by atoms with Crippen LogP contribution in [0.5, 0.6) is 11.5 Å². The van der Waals surface area contributed by atoms with Crippen LogP contribution in [0.15, 0.2) is 48.5 Å². The second kappa shape index (κ2) is 10.9. The average Bonchev–Trinajstić information content (AvgIpc) is 2.69. The second-order valence-electron chi connectivity index (χ2n) is 7.21. The van der Waals surface area contributed by atoms with Crippen LogP contribution in [0.3, 0.4) is 0 Å². The second-order valence-corrected chi connectivity index (χ2v) is 9.07. The molecule has 0 saturated carbocycles. The van der Waals surface area contributed by atoms with Crippen molar-refractivity contribution in [1.82, 2.24) is 4.90 Å². The first-order valence-corrected chi connectivity index (χ1v) is 11.6. The van der Waals surface area contributed by atoms with E-state index in [1.54, 1.807) is 35.2 Å². The van der Waals surface area contributed by atoms with Crippen molar-refractivity contribution in [3.63, 3.8) is 0 Å². The van der Waals surface area contributed by atoms with Gasteiger partial charge in [0.1, 0.15) is 11.5 Å². The number of benzene rings is 2. The smallest absolute Gasteiger partial charge is 0.322 e. The third kappa shape index (κ3) is 7.26. The van der Waals surface area contributed by atoms with E-state index in [2.05, 4.69) is 5.32 Å². The summed E-state index contributed by atoms with van der Waals surface area (Å²) < 4.78 is 34.1. The highest BCUT2D eigenvalue weighted by Crippen LogP contribution is 2.25. The highest BCUT2D eigenvalue weighted by molar-refractivity contribution is 7.87. The summed E-state index contributed by atoms with van der Waals surface area (Å²) in [7, 11) is -3.61. The summed E-state index contributed by atoms with van der Waals surface area (Å²) in [6.45, 7) is 8.80. The summed E-state index contributed by atoms with van der Waals surface area (Å²) in [6.07, 6.45) is 0. The zero-order valence-electron chi connectivity index (χ0n) is 17.9. The van der Waals surface area contributed by atoms with Gasteiger partial charge < -0.3 is 19.1 Å². The lowest BCUT2D eigenvalue weighted by molar-refractivity contribution is 0.201. The molecule has 0 spiro atoms. The monoisotopic (exact) mass is 434 g/mol. The molecule has 2 amide bonds. The molecule has 0 unspecified atom stereocenters. The summed E-state index contributed by atoms with van der Waals surface area (Å²) in [5, 5.41) is 2.92. The van der Waals surface area contributed by atoms with E-state index >= 15 is 0 Å². The van der Waals surface area contributed by atoms with Crippen molar-refractivity contribution in [2.24, 2.45) is 5.92 Å². The quantitative estimate of drug-likeness (QED) is 0.557. The molecular formula is C22H30N2O5S. The lowest BCUT2D eigenvalue weighted by atomic mass is 10.1.